The summed E-state index contributed by atoms with van der Waals surface area (Å²) in [4.78, 5) is 70.8. The van der Waals surface area contributed by atoms with Gasteiger partial charge in [-0.15, -0.1) is 0 Å². The number of ketones is 5. The molecule has 1 aromatic carbocycles. The van der Waals surface area contributed by atoms with Gasteiger partial charge in [0, 0.05) is 17.8 Å². The lowest BCUT2D eigenvalue weighted by atomic mass is 9.39. The average molecular weight is 565 g/mol. The van der Waals surface area contributed by atoms with E-state index < -0.39 is 63.1 Å². The van der Waals surface area contributed by atoms with Crippen LogP contribution in [0.1, 0.15) is 114 Å². The smallest absolute Gasteiger partial charge is 0.190 e. The SMILES string of the molecule is CC(C)c1ccc(O)c2c1C[C@]1(C)C[C@]3(C)C(C(C)C)C(=O)C(C(=O)CC4(C)CCCC4)C(=O)[C@]3(O)C(=O)C1C2=O. The van der Waals surface area contributed by atoms with Gasteiger partial charge in [-0.2, -0.15) is 0 Å². The molecule has 41 heavy (non-hydrogen) atoms. The first kappa shape index (κ1) is 29.8. The molecule has 2 N–H and O–H groups in total. The summed E-state index contributed by atoms with van der Waals surface area (Å²) in [6.45, 7) is 13.1. The van der Waals surface area contributed by atoms with Crippen molar-refractivity contribution in [3.05, 3.63) is 28.8 Å². The predicted octanol–water partition coefficient (Wildman–Crippen LogP) is 5.17. The number of aliphatic hydroxyl groups is 1. The van der Waals surface area contributed by atoms with Crippen LogP contribution in [0.15, 0.2) is 12.1 Å². The van der Waals surface area contributed by atoms with Crippen molar-refractivity contribution in [2.24, 2.45) is 39.9 Å². The first-order valence-corrected chi connectivity index (χ1v) is 15.2. The second-order valence-electron chi connectivity index (χ2n) is 15.1. The van der Waals surface area contributed by atoms with Crippen LogP contribution < -0.4 is 0 Å². The zero-order chi connectivity index (χ0) is 30.4. The monoisotopic (exact) mass is 564 g/mol. The number of aromatic hydroxyl groups is 1. The molecule has 3 saturated carbocycles. The van der Waals surface area contributed by atoms with Gasteiger partial charge in [-0.25, -0.2) is 0 Å². The number of fused-ring (bicyclic) bond motifs is 3. The molecule has 0 aromatic heterocycles. The second-order valence-corrected chi connectivity index (χ2v) is 15.1. The molecule has 222 valence electrons. The highest BCUT2D eigenvalue weighted by atomic mass is 16.3. The van der Waals surface area contributed by atoms with E-state index in [4.69, 9.17) is 0 Å². The number of rotatable bonds is 5. The summed E-state index contributed by atoms with van der Waals surface area (Å²) in [6.07, 6.45) is 3.98. The van der Waals surface area contributed by atoms with E-state index in [1.807, 2.05) is 41.5 Å². The molecule has 0 spiro atoms. The number of Topliss-reactive ketones (excluding diaryl/α,β-unsaturated/α-hetero) is 5. The van der Waals surface area contributed by atoms with Crippen LogP contribution in [0.5, 0.6) is 5.75 Å². The summed E-state index contributed by atoms with van der Waals surface area (Å²) in [5.41, 5.74) is -3.85. The maximum atomic E-state index is 14.5. The molecular weight excluding hydrogens is 520 g/mol. The van der Waals surface area contributed by atoms with Crippen LogP contribution in [0.25, 0.3) is 0 Å². The molecule has 4 aliphatic rings. The first-order valence-electron chi connectivity index (χ1n) is 15.2. The number of carbonyl (C=O) groups is 5. The molecule has 0 amide bonds. The molecule has 1 aromatic rings. The molecule has 0 bridgehead atoms. The van der Waals surface area contributed by atoms with Crippen LogP contribution in [-0.4, -0.2) is 44.7 Å². The molecule has 5 rings (SSSR count). The van der Waals surface area contributed by atoms with E-state index >= 15 is 0 Å². The molecule has 6 atom stereocenters. The van der Waals surface area contributed by atoms with Crippen molar-refractivity contribution in [1.82, 2.24) is 0 Å². The highest BCUT2D eigenvalue weighted by molar-refractivity contribution is 6.33. The third-order valence-corrected chi connectivity index (χ3v) is 11.2. The molecule has 0 aliphatic heterocycles. The number of hydrogen-bond acceptors (Lipinski definition) is 7. The van der Waals surface area contributed by atoms with Crippen molar-refractivity contribution >= 4 is 28.9 Å². The number of phenols is 1. The summed E-state index contributed by atoms with van der Waals surface area (Å²) in [5, 5.41) is 23.1. The van der Waals surface area contributed by atoms with Crippen molar-refractivity contribution in [3.8, 4) is 5.75 Å². The Morgan fingerprint density at radius 3 is 2.15 bits per heavy atom. The summed E-state index contributed by atoms with van der Waals surface area (Å²) < 4.78 is 0. The molecule has 3 fully saturated rings. The van der Waals surface area contributed by atoms with Gasteiger partial charge in [0.05, 0.1) is 11.5 Å². The van der Waals surface area contributed by atoms with Gasteiger partial charge in [0.25, 0.3) is 0 Å². The van der Waals surface area contributed by atoms with Crippen LogP contribution in [-0.2, 0) is 25.6 Å². The van der Waals surface area contributed by atoms with Crippen molar-refractivity contribution in [2.45, 2.75) is 105 Å². The number of phenolic OH excluding ortho intramolecular Hbond substituents is 1. The van der Waals surface area contributed by atoms with Crippen molar-refractivity contribution < 1.29 is 34.2 Å². The van der Waals surface area contributed by atoms with E-state index in [0.717, 1.165) is 31.2 Å². The van der Waals surface area contributed by atoms with Crippen LogP contribution in [0, 0.1) is 39.9 Å². The van der Waals surface area contributed by atoms with Gasteiger partial charge in [-0.05, 0) is 65.5 Å². The number of carbonyl (C=O) groups excluding carboxylic acids is 5. The Morgan fingerprint density at radius 1 is 0.976 bits per heavy atom. The number of benzene rings is 1. The Labute approximate surface area is 242 Å². The van der Waals surface area contributed by atoms with Crippen LogP contribution in [0.2, 0.25) is 0 Å². The zero-order valence-electron chi connectivity index (χ0n) is 25.4. The molecule has 0 heterocycles. The van der Waals surface area contributed by atoms with E-state index in [2.05, 4.69) is 0 Å². The van der Waals surface area contributed by atoms with Gasteiger partial charge >= 0.3 is 0 Å². The Bertz CT molecular complexity index is 1370. The summed E-state index contributed by atoms with van der Waals surface area (Å²) in [7, 11) is 0. The zero-order valence-corrected chi connectivity index (χ0v) is 25.4. The molecule has 7 nitrogen and oxygen atoms in total. The van der Waals surface area contributed by atoms with Crippen molar-refractivity contribution in [3.63, 3.8) is 0 Å². The minimum absolute atomic E-state index is 0.0419. The van der Waals surface area contributed by atoms with E-state index in [1.54, 1.807) is 13.0 Å². The summed E-state index contributed by atoms with van der Waals surface area (Å²) in [5.74, 6) is -8.24. The Morgan fingerprint density at radius 2 is 1.59 bits per heavy atom. The Hall–Kier alpha value is -2.67. The molecule has 7 heteroatoms. The van der Waals surface area contributed by atoms with Gasteiger partial charge in [0.15, 0.2) is 34.5 Å². The lowest BCUT2D eigenvalue weighted by Crippen LogP contribution is -2.77. The van der Waals surface area contributed by atoms with Gasteiger partial charge in [-0.1, -0.05) is 67.4 Å². The summed E-state index contributed by atoms with van der Waals surface area (Å²) >= 11 is 0. The predicted molar refractivity (Wildman–Crippen MR) is 153 cm³/mol. The van der Waals surface area contributed by atoms with Crippen molar-refractivity contribution in [2.75, 3.05) is 0 Å². The van der Waals surface area contributed by atoms with Crippen LogP contribution in [0.4, 0.5) is 0 Å². The van der Waals surface area contributed by atoms with Gasteiger partial charge in [0.1, 0.15) is 11.7 Å². The highest BCUT2D eigenvalue weighted by Crippen LogP contribution is 2.64. The minimum atomic E-state index is -2.67. The fraction of sp³-hybridized carbons (Fsp3) is 0.676. The van der Waals surface area contributed by atoms with Crippen molar-refractivity contribution in [1.29, 1.82) is 0 Å². The Kier molecular flexibility index (Phi) is 6.85. The molecular formula is C34H44O7. The van der Waals surface area contributed by atoms with E-state index in [1.165, 1.54) is 6.07 Å². The van der Waals surface area contributed by atoms with Gasteiger partial charge < -0.3 is 10.2 Å². The Balaban J connectivity index is 1.66. The molecule has 0 saturated heterocycles. The minimum Gasteiger partial charge on any atom is -0.507 e. The first-order chi connectivity index (χ1) is 18.9. The molecule has 3 unspecified atom stereocenters. The molecule has 4 aliphatic carbocycles. The van der Waals surface area contributed by atoms with E-state index in [-0.39, 0.29) is 47.8 Å². The topological polar surface area (TPSA) is 126 Å². The third-order valence-electron chi connectivity index (χ3n) is 11.2. The largest absolute Gasteiger partial charge is 0.507 e. The third kappa shape index (κ3) is 3.97. The highest BCUT2D eigenvalue weighted by Gasteiger charge is 2.76. The second kappa shape index (κ2) is 9.42. The quantitative estimate of drug-likeness (QED) is 0.473. The lowest BCUT2D eigenvalue weighted by molar-refractivity contribution is -0.205. The van der Waals surface area contributed by atoms with Gasteiger partial charge in [-0.3, -0.25) is 24.0 Å². The van der Waals surface area contributed by atoms with Crippen LogP contribution in [0.3, 0.4) is 0 Å². The van der Waals surface area contributed by atoms with E-state index in [0.29, 0.717) is 5.56 Å². The summed E-state index contributed by atoms with van der Waals surface area (Å²) in [6, 6.07) is 3.25. The maximum Gasteiger partial charge on any atom is 0.190 e. The standard InChI is InChI=1S/C34H44O7/c1-17(2)19-10-11-21(35)23-20(19)14-32(6)16-33(7)25(18(3)4)28(38)24(22(36)15-31(5)12-8-9-13-31)29(39)34(33,41)30(40)26(32)27(23)37/h10-11,17-18,24-26,35,41H,8-9,12-16H2,1-7H3/t24?,25?,26?,32-,33-,34+/m1/s1. The maximum absolute atomic E-state index is 14.5. The fourth-order valence-corrected chi connectivity index (χ4v) is 9.55. The normalized spacial score (nSPS) is 36.4. The lowest BCUT2D eigenvalue weighted by Gasteiger charge is -2.62. The number of hydrogen-bond donors (Lipinski definition) is 2. The van der Waals surface area contributed by atoms with E-state index in [9.17, 15) is 34.2 Å². The fourth-order valence-electron chi connectivity index (χ4n) is 9.55. The average Bonchev–Trinajstić information content (AvgIpc) is 3.26. The van der Waals surface area contributed by atoms with Gasteiger partial charge in [0.2, 0.25) is 0 Å². The molecule has 0 radical (unpaired) electrons. The van der Waals surface area contributed by atoms with Crippen LogP contribution >= 0.6 is 0 Å².